The van der Waals surface area contributed by atoms with Crippen molar-refractivity contribution in [1.29, 1.82) is 0 Å². The van der Waals surface area contributed by atoms with Crippen molar-refractivity contribution in [2.45, 2.75) is 44.1 Å². The van der Waals surface area contributed by atoms with Crippen LogP contribution in [-0.4, -0.2) is 39.2 Å². The molecule has 0 spiro atoms. The number of benzene rings is 1. The molecule has 7 heteroatoms. The molecule has 2 aliphatic rings. The molecule has 1 aliphatic heterocycles. The van der Waals surface area contributed by atoms with E-state index in [4.69, 9.17) is 4.74 Å². The van der Waals surface area contributed by atoms with Gasteiger partial charge >= 0.3 is 6.03 Å². The van der Waals surface area contributed by atoms with E-state index in [1.54, 1.807) is 7.11 Å². The van der Waals surface area contributed by atoms with Gasteiger partial charge in [-0.25, -0.2) is 4.79 Å². The molecule has 7 nitrogen and oxygen atoms in total. The summed E-state index contributed by atoms with van der Waals surface area (Å²) in [5, 5.41) is 11.7. The van der Waals surface area contributed by atoms with Gasteiger partial charge in [-0.1, -0.05) is 18.6 Å². The number of urea groups is 1. The van der Waals surface area contributed by atoms with E-state index in [1.165, 1.54) is 6.42 Å². The van der Waals surface area contributed by atoms with Crippen molar-refractivity contribution in [3.63, 3.8) is 0 Å². The number of methoxy groups -OCH3 is 1. The maximum Gasteiger partial charge on any atom is 0.322 e. The third-order valence-corrected chi connectivity index (χ3v) is 6.16. The number of fused-ring (bicyclic) bond motifs is 1. The first-order valence-corrected chi connectivity index (χ1v) is 10.3. The van der Waals surface area contributed by atoms with Gasteiger partial charge in [-0.15, -0.1) is 10.2 Å². The molecule has 2 fully saturated rings. The Kier molecular flexibility index (Phi) is 4.58. The number of carbonyl (C=O) groups excluding carboxylic acids is 1. The number of ether oxygens (including phenoxy) is 1. The van der Waals surface area contributed by atoms with Gasteiger partial charge in [-0.2, -0.15) is 0 Å². The molecule has 1 N–H and O–H groups in total. The van der Waals surface area contributed by atoms with Crippen LogP contribution in [-0.2, 0) is 0 Å². The van der Waals surface area contributed by atoms with Crippen molar-refractivity contribution in [2.24, 2.45) is 0 Å². The fourth-order valence-electron chi connectivity index (χ4n) is 4.30. The molecule has 1 aromatic carbocycles. The predicted molar refractivity (Wildman–Crippen MR) is 110 cm³/mol. The summed E-state index contributed by atoms with van der Waals surface area (Å²) >= 11 is 0. The Labute approximate surface area is 169 Å². The zero-order valence-corrected chi connectivity index (χ0v) is 16.5. The maximum absolute atomic E-state index is 13.0. The molecule has 5 rings (SSSR count). The summed E-state index contributed by atoms with van der Waals surface area (Å²) in [6, 6.07) is 11.8. The summed E-state index contributed by atoms with van der Waals surface area (Å²) in [5.41, 5.74) is 2.73. The van der Waals surface area contributed by atoms with E-state index >= 15 is 0 Å². The molecule has 150 valence electrons. The van der Waals surface area contributed by atoms with E-state index in [0.717, 1.165) is 60.7 Å². The van der Waals surface area contributed by atoms with E-state index < -0.39 is 0 Å². The zero-order chi connectivity index (χ0) is 19.8. The number of hydrogen-bond donors (Lipinski definition) is 1. The molecule has 0 radical (unpaired) electrons. The lowest BCUT2D eigenvalue weighted by molar-refractivity contribution is 0.207. The van der Waals surface area contributed by atoms with Crippen LogP contribution < -0.4 is 10.1 Å². The largest absolute Gasteiger partial charge is 0.497 e. The minimum Gasteiger partial charge on any atom is -0.497 e. The van der Waals surface area contributed by atoms with Gasteiger partial charge < -0.3 is 15.0 Å². The Balaban J connectivity index is 1.34. The standard InChI is InChI=1S/C22H25N5O2/c1-29-18-10-7-15(8-11-18)19-6-3-13-26(19)22(28)23-17-9-12-20-24-25-21(27(20)14-17)16-4-2-5-16/h7-12,14,16,19H,2-6,13H2,1H3,(H,23,28)/t19-/m0/s1. The molecule has 0 bridgehead atoms. The van der Waals surface area contributed by atoms with Crippen molar-refractivity contribution in [3.8, 4) is 5.75 Å². The number of anilines is 1. The number of rotatable bonds is 4. The summed E-state index contributed by atoms with van der Waals surface area (Å²) in [5.74, 6) is 2.31. The topological polar surface area (TPSA) is 71.8 Å². The molecule has 0 unspecified atom stereocenters. The first-order valence-electron chi connectivity index (χ1n) is 10.3. The van der Waals surface area contributed by atoms with Crippen LogP contribution in [0.5, 0.6) is 5.75 Å². The molecule has 2 aromatic heterocycles. The first-order chi connectivity index (χ1) is 14.2. The summed E-state index contributed by atoms with van der Waals surface area (Å²) in [7, 11) is 1.66. The van der Waals surface area contributed by atoms with Gasteiger partial charge in [0.25, 0.3) is 0 Å². The molecule has 3 heterocycles. The highest BCUT2D eigenvalue weighted by Gasteiger charge is 2.30. The average Bonchev–Trinajstić information content (AvgIpc) is 3.35. The molecule has 1 atom stereocenters. The second-order valence-corrected chi connectivity index (χ2v) is 7.89. The predicted octanol–water partition coefficient (Wildman–Crippen LogP) is 4.37. The second-order valence-electron chi connectivity index (χ2n) is 7.89. The van der Waals surface area contributed by atoms with Gasteiger partial charge in [0, 0.05) is 18.7 Å². The van der Waals surface area contributed by atoms with E-state index in [9.17, 15) is 4.79 Å². The summed E-state index contributed by atoms with van der Waals surface area (Å²) in [6.45, 7) is 0.755. The minimum absolute atomic E-state index is 0.0686. The van der Waals surface area contributed by atoms with Crippen molar-refractivity contribution in [1.82, 2.24) is 19.5 Å². The van der Waals surface area contributed by atoms with E-state index in [2.05, 4.69) is 15.5 Å². The molecular weight excluding hydrogens is 366 g/mol. The quantitative estimate of drug-likeness (QED) is 0.717. The highest BCUT2D eigenvalue weighted by molar-refractivity contribution is 5.89. The lowest BCUT2D eigenvalue weighted by Crippen LogP contribution is -2.34. The number of hydrogen-bond acceptors (Lipinski definition) is 4. The van der Waals surface area contributed by atoms with E-state index in [0.29, 0.717) is 5.92 Å². The van der Waals surface area contributed by atoms with Crippen molar-refractivity contribution >= 4 is 17.4 Å². The van der Waals surface area contributed by atoms with Crippen LogP contribution in [0.3, 0.4) is 0 Å². The molecule has 1 saturated carbocycles. The number of likely N-dealkylation sites (tertiary alicyclic amines) is 1. The first kappa shape index (κ1) is 18.0. The highest BCUT2D eigenvalue weighted by atomic mass is 16.5. The summed E-state index contributed by atoms with van der Waals surface area (Å²) in [4.78, 5) is 15.0. The Morgan fingerprint density at radius 1 is 1.07 bits per heavy atom. The number of nitrogens with one attached hydrogen (secondary N) is 1. The van der Waals surface area contributed by atoms with Gasteiger partial charge in [0.05, 0.1) is 18.8 Å². The molecule has 3 aromatic rings. The Bertz CT molecular complexity index is 1030. The normalized spacial score (nSPS) is 19.3. The Morgan fingerprint density at radius 3 is 2.62 bits per heavy atom. The van der Waals surface area contributed by atoms with Crippen molar-refractivity contribution < 1.29 is 9.53 Å². The Morgan fingerprint density at radius 2 is 1.90 bits per heavy atom. The van der Waals surface area contributed by atoms with Crippen LogP contribution in [0.25, 0.3) is 5.65 Å². The van der Waals surface area contributed by atoms with Crippen LogP contribution in [0.1, 0.15) is 55.5 Å². The third kappa shape index (κ3) is 3.30. The van der Waals surface area contributed by atoms with Gasteiger partial charge in [-0.05, 0) is 55.5 Å². The van der Waals surface area contributed by atoms with Crippen LogP contribution in [0, 0.1) is 0 Å². The van der Waals surface area contributed by atoms with Crippen LogP contribution >= 0.6 is 0 Å². The number of carbonyl (C=O) groups is 1. The van der Waals surface area contributed by atoms with Gasteiger partial charge in [0.1, 0.15) is 11.6 Å². The van der Waals surface area contributed by atoms with Gasteiger partial charge in [0.2, 0.25) is 0 Å². The van der Waals surface area contributed by atoms with Crippen LogP contribution in [0.4, 0.5) is 10.5 Å². The third-order valence-electron chi connectivity index (χ3n) is 6.16. The van der Waals surface area contributed by atoms with Crippen molar-refractivity contribution in [2.75, 3.05) is 19.0 Å². The smallest absolute Gasteiger partial charge is 0.322 e. The van der Waals surface area contributed by atoms with E-state index in [-0.39, 0.29) is 12.1 Å². The molecule has 2 amide bonds. The summed E-state index contributed by atoms with van der Waals surface area (Å²) in [6.07, 6.45) is 7.48. The van der Waals surface area contributed by atoms with Crippen molar-refractivity contribution in [3.05, 3.63) is 54.0 Å². The molecular formula is C22H25N5O2. The van der Waals surface area contributed by atoms with Gasteiger partial charge in [0.15, 0.2) is 5.65 Å². The number of aromatic nitrogens is 3. The monoisotopic (exact) mass is 391 g/mol. The lowest BCUT2D eigenvalue weighted by Gasteiger charge is -2.26. The SMILES string of the molecule is COc1ccc([C@@H]2CCCN2C(=O)Nc2ccc3nnc(C4CCC4)n3c2)cc1. The Hall–Kier alpha value is -3.09. The summed E-state index contributed by atoms with van der Waals surface area (Å²) < 4.78 is 7.27. The molecule has 1 saturated heterocycles. The fourth-order valence-corrected chi connectivity index (χ4v) is 4.30. The number of pyridine rings is 1. The molecule has 1 aliphatic carbocycles. The van der Waals surface area contributed by atoms with Gasteiger partial charge in [-0.3, -0.25) is 4.40 Å². The van der Waals surface area contributed by atoms with Crippen LogP contribution in [0.2, 0.25) is 0 Å². The lowest BCUT2D eigenvalue weighted by atomic mass is 9.85. The molecule has 29 heavy (non-hydrogen) atoms. The van der Waals surface area contributed by atoms with Crippen LogP contribution in [0.15, 0.2) is 42.6 Å². The zero-order valence-electron chi connectivity index (χ0n) is 16.5. The highest BCUT2D eigenvalue weighted by Crippen LogP contribution is 2.36. The average molecular weight is 391 g/mol. The van der Waals surface area contributed by atoms with E-state index in [1.807, 2.05) is 51.9 Å². The maximum atomic E-state index is 13.0. The number of amides is 2. The minimum atomic E-state index is -0.0686. The number of nitrogens with zero attached hydrogens (tertiary/aromatic N) is 4. The fraction of sp³-hybridized carbons (Fsp3) is 0.409. The second kappa shape index (κ2) is 7.39.